The van der Waals surface area contributed by atoms with Crippen molar-refractivity contribution in [2.75, 3.05) is 0 Å². The normalized spacial score (nSPS) is 10.6. The van der Waals surface area contributed by atoms with E-state index in [9.17, 15) is 0 Å². The Labute approximate surface area is 92.5 Å². The average Bonchev–Trinajstić information content (AvgIpc) is 2.71. The highest BCUT2D eigenvalue weighted by Crippen LogP contribution is 2.19. The van der Waals surface area contributed by atoms with E-state index in [4.69, 9.17) is 11.6 Å². The Morgan fingerprint density at radius 3 is 2.92 bits per heavy atom. The third kappa shape index (κ3) is 1.92. The number of thiazole rings is 1. The van der Waals surface area contributed by atoms with Gasteiger partial charge in [0.2, 0.25) is 5.13 Å². The molecule has 0 aliphatic rings. The molecule has 0 saturated carbocycles. The molecule has 2 rings (SSSR count). The van der Waals surface area contributed by atoms with Gasteiger partial charge in [-0.25, -0.2) is 9.67 Å². The van der Waals surface area contributed by atoms with Crippen molar-refractivity contribution in [3.8, 4) is 5.13 Å². The summed E-state index contributed by atoms with van der Waals surface area (Å²) in [5.74, 6) is 0.500. The van der Waals surface area contributed by atoms with Crippen LogP contribution in [0.5, 0.6) is 0 Å². The summed E-state index contributed by atoms with van der Waals surface area (Å²) in [6, 6.07) is 0. The van der Waals surface area contributed by atoms with E-state index in [0.29, 0.717) is 5.88 Å². The lowest BCUT2D eigenvalue weighted by Gasteiger charge is -1.90. The lowest BCUT2D eigenvalue weighted by Crippen LogP contribution is -1.91. The van der Waals surface area contributed by atoms with Crippen molar-refractivity contribution in [1.29, 1.82) is 0 Å². The maximum Gasteiger partial charge on any atom is 0.210 e. The highest BCUT2D eigenvalue weighted by molar-refractivity contribution is 9.10. The summed E-state index contributed by atoms with van der Waals surface area (Å²) in [5, 5.41) is 4.94. The van der Waals surface area contributed by atoms with Gasteiger partial charge < -0.3 is 0 Å². The number of hydrogen-bond acceptors (Lipinski definition) is 3. The smallest absolute Gasteiger partial charge is 0.210 e. The van der Waals surface area contributed by atoms with Crippen molar-refractivity contribution in [2.24, 2.45) is 0 Å². The zero-order chi connectivity index (χ0) is 9.26. The largest absolute Gasteiger partial charge is 0.227 e. The monoisotopic (exact) mass is 277 g/mol. The molecule has 0 radical (unpaired) electrons. The molecular formula is C7H5BrClN3S. The summed E-state index contributed by atoms with van der Waals surface area (Å²) in [6.45, 7) is 0. The first-order valence-corrected chi connectivity index (χ1v) is 5.65. The number of alkyl halides is 1. The van der Waals surface area contributed by atoms with Crippen LogP contribution in [-0.2, 0) is 5.88 Å². The molecule has 13 heavy (non-hydrogen) atoms. The van der Waals surface area contributed by atoms with E-state index in [1.807, 2.05) is 6.20 Å². The van der Waals surface area contributed by atoms with E-state index < -0.39 is 0 Å². The molecule has 2 aromatic heterocycles. The van der Waals surface area contributed by atoms with Crippen LogP contribution in [0.2, 0.25) is 0 Å². The molecule has 0 unspecified atom stereocenters. The van der Waals surface area contributed by atoms with Crippen LogP contribution in [0.15, 0.2) is 23.1 Å². The van der Waals surface area contributed by atoms with Crippen molar-refractivity contribution in [3.63, 3.8) is 0 Å². The van der Waals surface area contributed by atoms with E-state index in [-0.39, 0.29) is 0 Å². The molecule has 0 spiro atoms. The molecule has 0 aromatic carbocycles. The zero-order valence-electron chi connectivity index (χ0n) is 6.44. The Bertz CT molecular complexity index is 411. The first-order valence-electron chi connectivity index (χ1n) is 3.51. The van der Waals surface area contributed by atoms with Crippen LogP contribution >= 0.6 is 38.9 Å². The van der Waals surface area contributed by atoms with Crippen LogP contribution in [0.4, 0.5) is 0 Å². The van der Waals surface area contributed by atoms with E-state index in [2.05, 4.69) is 26.0 Å². The maximum atomic E-state index is 5.66. The van der Waals surface area contributed by atoms with Crippen LogP contribution in [0.1, 0.15) is 4.88 Å². The van der Waals surface area contributed by atoms with E-state index in [0.717, 1.165) is 14.5 Å². The lowest BCUT2D eigenvalue weighted by atomic mass is 10.6. The van der Waals surface area contributed by atoms with Crippen LogP contribution in [0, 0.1) is 0 Å². The van der Waals surface area contributed by atoms with E-state index >= 15 is 0 Å². The van der Waals surface area contributed by atoms with Crippen LogP contribution in [0.25, 0.3) is 5.13 Å². The van der Waals surface area contributed by atoms with Gasteiger partial charge in [-0.05, 0) is 15.9 Å². The fourth-order valence-corrected chi connectivity index (χ4v) is 2.08. The second-order valence-corrected chi connectivity index (χ2v) is 4.62. The number of halogens is 2. The Balaban J connectivity index is 2.35. The van der Waals surface area contributed by atoms with Gasteiger partial charge in [0.1, 0.15) is 0 Å². The molecule has 0 saturated heterocycles. The second-order valence-electron chi connectivity index (χ2n) is 2.35. The predicted octanol–water partition coefficient (Wildman–Crippen LogP) is 2.83. The van der Waals surface area contributed by atoms with Gasteiger partial charge in [-0.3, -0.25) is 0 Å². The summed E-state index contributed by atoms with van der Waals surface area (Å²) in [5.41, 5.74) is 0. The first-order chi connectivity index (χ1) is 6.29. The number of aromatic nitrogens is 3. The van der Waals surface area contributed by atoms with Gasteiger partial charge in [0.25, 0.3) is 0 Å². The van der Waals surface area contributed by atoms with Crippen molar-refractivity contribution in [3.05, 3.63) is 27.9 Å². The van der Waals surface area contributed by atoms with Gasteiger partial charge >= 0.3 is 0 Å². The minimum absolute atomic E-state index is 0.500. The molecule has 0 bridgehead atoms. The van der Waals surface area contributed by atoms with Gasteiger partial charge in [0, 0.05) is 17.3 Å². The fourth-order valence-electron chi connectivity index (χ4n) is 0.870. The molecule has 0 aliphatic carbocycles. The highest BCUT2D eigenvalue weighted by atomic mass is 79.9. The number of hydrogen-bond donors (Lipinski definition) is 0. The van der Waals surface area contributed by atoms with Crippen LogP contribution in [-0.4, -0.2) is 14.8 Å². The standard InChI is InChI=1S/C7H5BrClN3S/c8-5-2-11-12(4-5)7-10-3-6(1-9)13-7/h2-4H,1H2. The van der Waals surface area contributed by atoms with Gasteiger partial charge in [-0.2, -0.15) is 5.10 Å². The summed E-state index contributed by atoms with van der Waals surface area (Å²) in [7, 11) is 0. The molecule has 2 heterocycles. The Kier molecular flexibility index (Phi) is 2.66. The topological polar surface area (TPSA) is 30.7 Å². The number of rotatable bonds is 2. The molecule has 0 aliphatic heterocycles. The van der Waals surface area contributed by atoms with Crippen LogP contribution < -0.4 is 0 Å². The molecular weight excluding hydrogens is 274 g/mol. The molecule has 3 nitrogen and oxygen atoms in total. The Hall–Kier alpha value is -0.390. The molecule has 6 heteroatoms. The Morgan fingerprint density at radius 1 is 1.54 bits per heavy atom. The fraction of sp³-hybridized carbons (Fsp3) is 0.143. The minimum Gasteiger partial charge on any atom is -0.227 e. The zero-order valence-corrected chi connectivity index (χ0v) is 9.60. The molecule has 2 aromatic rings. The average molecular weight is 279 g/mol. The van der Waals surface area contributed by atoms with Gasteiger partial charge in [0.15, 0.2) is 0 Å². The van der Waals surface area contributed by atoms with Gasteiger partial charge in [0.05, 0.1) is 16.5 Å². The van der Waals surface area contributed by atoms with E-state index in [1.165, 1.54) is 11.3 Å². The van der Waals surface area contributed by atoms with Crippen molar-refractivity contribution in [2.45, 2.75) is 5.88 Å². The minimum atomic E-state index is 0.500. The molecule has 0 amide bonds. The third-order valence-electron chi connectivity index (χ3n) is 1.42. The van der Waals surface area contributed by atoms with E-state index in [1.54, 1.807) is 17.1 Å². The van der Waals surface area contributed by atoms with Crippen molar-refractivity contribution < 1.29 is 0 Å². The summed E-state index contributed by atoms with van der Waals surface area (Å²) in [4.78, 5) is 5.23. The molecule has 0 atom stereocenters. The predicted molar refractivity (Wildman–Crippen MR) is 56.5 cm³/mol. The molecule has 0 N–H and O–H groups in total. The van der Waals surface area contributed by atoms with Gasteiger partial charge in [-0.1, -0.05) is 11.3 Å². The summed E-state index contributed by atoms with van der Waals surface area (Å²) in [6.07, 6.45) is 5.35. The lowest BCUT2D eigenvalue weighted by molar-refractivity contribution is 0.869. The maximum absolute atomic E-state index is 5.66. The quantitative estimate of drug-likeness (QED) is 0.791. The molecule has 68 valence electrons. The molecule has 0 fully saturated rings. The van der Waals surface area contributed by atoms with Crippen molar-refractivity contribution in [1.82, 2.24) is 14.8 Å². The number of nitrogens with zero attached hydrogens (tertiary/aromatic N) is 3. The summed E-state index contributed by atoms with van der Waals surface area (Å²) >= 11 is 10.5. The SMILES string of the molecule is ClCc1cnc(-n2cc(Br)cn2)s1. The Morgan fingerprint density at radius 2 is 2.38 bits per heavy atom. The highest BCUT2D eigenvalue weighted by Gasteiger charge is 2.03. The van der Waals surface area contributed by atoms with Gasteiger partial charge in [-0.15, -0.1) is 11.6 Å². The van der Waals surface area contributed by atoms with Crippen molar-refractivity contribution >= 4 is 38.9 Å². The third-order valence-corrected chi connectivity index (χ3v) is 3.26. The summed E-state index contributed by atoms with van der Waals surface area (Å²) < 4.78 is 2.65. The first kappa shape index (κ1) is 9.18. The second kappa shape index (κ2) is 3.77. The van der Waals surface area contributed by atoms with Crippen LogP contribution in [0.3, 0.4) is 0 Å².